The Labute approximate surface area is 211 Å². The number of nitrogens with one attached hydrogen (secondary N) is 2. The molecule has 0 saturated heterocycles. The van der Waals surface area contributed by atoms with E-state index in [9.17, 15) is 20.1 Å². The van der Waals surface area contributed by atoms with E-state index in [-0.39, 0.29) is 41.6 Å². The third-order valence-corrected chi connectivity index (χ3v) is 10.1. The van der Waals surface area contributed by atoms with Crippen molar-refractivity contribution in [1.82, 2.24) is 10.3 Å². The Kier molecular flexibility index (Phi) is 6.57. The van der Waals surface area contributed by atoms with E-state index in [4.69, 9.17) is 4.98 Å². The van der Waals surface area contributed by atoms with E-state index in [2.05, 4.69) is 17.6 Å². The molecule has 1 amide bonds. The van der Waals surface area contributed by atoms with Gasteiger partial charge in [-0.15, -0.1) is 11.3 Å². The Morgan fingerprint density at radius 3 is 2.71 bits per heavy atom. The highest BCUT2D eigenvalue weighted by atomic mass is 32.1. The summed E-state index contributed by atoms with van der Waals surface area (Å²) in [6.07, 6.45) is 6.35. The topological polar surface area (TPSA) is 115 Å². The molecule has 5 rings (SSSR count). The molecular formula is C27H37N3O4S. The number of hydrogen-bond acceptors (Lipinski definition) is 7. The minimum atomic E-state index is -0.631. The number of phenols is 1. The van der Waals surface area contributed by atoms with Gasteiger partial charge < -0.3 is 26.0 Å². The predicted molar refractivity (Wildman–Crippen MR) is 137 cm³/mol. The molecule has 8 heteroatoms. The molecule has 7 nitrogen and oxygen atoms in total. The largest absolute Gasteiger partial charge is 0.508 e. The first-order valence-electron chi connectivity index (χ1n) is 12.9. The van der Waals surface area contributed by atoms with Gasteiger partial charge in [0, 0.05) is 40.4 Å². The van der Waals surface area contributed by atoms with Crippen LogP contribution in [0.3, 0.4) is 0 Å². The number of aliphatic hydroxyl groups excluding tert-OH is 2. The highest BCUT2D eigenvalue weighted by molar-refractivity contribution is 7.15. The van der Waals surface area contributed by atoms with Gasteiger partial charge in [0.1, 0.15) is 5.75 Å². The minimum Gasteiger partial charge on any atom is -0.508 e. The van der Waals surface area contributed by atoms with Crippen molar-refractivity contribution in [2.45, 2.75) is 83.3 Å². The molecule has 0 aliphatic heterocycles. The van der Waals surface area contributed by atoms with Crippen molar-refractivity contribution in [3.8, 4) is 5.75 Å². The lowest BCUT2D eigenvalue weighted by atomic mass is 9.47. The third kappa shape index (κ3) is 4.45. The van der Waals surface area contributed by atoms with E-state index in [1.54, 1.807) is 29.5 Å². The van der Waals surface area contributed by atoms with Crippen LogP contribution in [0.2, 0.25) is 0 Å². The number of aromatic nitrogens is 1. The lowest BCUT2D eigenvalue weighted by molar-refractivity contribution is -0.144. The number of fused-ring (bicyclic) bond motifs is 2. The molecule has 0 spiro atoms. The summed E-state index contributed by atoms with van der Waals surface area (Å²) >= 11 is 1.57. The van der Waals surface area contributed by atoms with Gasteiger partial charge >= 0.3 is 0 Å². The van der Waals surface area contributed by atoms with Crippen LogP contribution in [0.15, 0.2) is 24.3 Å². The molecule has 1 heterocycles. The van der Waals surface area contributed by atoms with Crippen LogP contribution >= 0.6 is 11.3 Å². The number of nitrogens with zero attached hydrogens (tertiary/aromatic N) is 1. The second-order valence-corrected chi connectivity index (χ2v) is 12.4. The van der Waals surface area contributed by atoms with Gasteiger partial charge in [-0.1, -0.05) is 32.8 Å². The number of phenolic OH excluding ortho intramolecular Hbond substituents is 1. The van der Waals surface area contributed by atoms with E-state index in [0.29, 0.717) is 12.8 Å². The van der Waals surface area contributed by atoms with Crippen LogP contribution in [-0.2, 0) is 11.2 Å². The van der Waals surface area contributed by atoms with Crippen molar-refractivity contribution in [2.75, 3.05) is 11.9 Å². The molecule has 190 valence electrons. The number of hydrogen-bond donors (Lipinski definition) is 5. The summed E-state index contributed by atoms with van der Waals surface area (Å²) in [6, 6.07) is 7.22. The summed E-state index contributed by atoms with van der Waals surface area (Å²) < 4.78 is 0. The van der Waals surface area contributed by atoms with Crippen LogP contribution in [0.1, 0.15) is 75.3 Å². The molecule has 5 atom stereocenters. The fourth-order valence-corrected chi connectivity index (χ4v) is 8.04. The van der Waals surface area contributed by atoms with Crippen LogP contribution in [0, 0.1) is 16.7 Å². The number of aliphatic hydroxyl groups is 2. The van der Waals surface area contributed by atoms with Crippen molar-refractivity contribution in [1.29, 1.82) is 0 Å². The summed E-state index contributed by atoms with van der Waals surface area (Å²) in [5, 5.41) is 38.5. The summed E-state index contributed by atoms with van der Waals surface area (Å²) in [5.41, 5.74) is 0.835. The number of carbonyl (C=O) groups is 1. The molecule has 1 aromatic carbocycles. The van der Waals surface area contributed by atoms with Crippen LogP contribution in [-0.4, -0.2) is 45.0 Å². The van der Waals surface area contributed by atoms with Crippen molar-refractivity contribution in [3.05, 3.63) is 34.8 Å². The van der Waals surface area contributed by atoms with Gasteiger partial charge in [-0.2, -0.15) is 0 Å². The molecule has 2 saturated carbocycles. The Morgan fingerprint density at radius 2 is 2.00 bits per heavy atom. The second-order valence-electron chi connectivity index (χ2n) is 11.3. The number of amides is 1. The molecule has 5 unspecified atom stereocenters. The van der Waals surface area contributed by atoms with Crippen molar-refractivity contribution < 1.29 is 20.1 Å². The molecular weight excluding hydrogens is 462 g/mol. The number of benzene rings is 1. The lowest BCUT2D eigenvalue weighted by Gasteiger charge is -2.58. The average molecular weight is 500 g/mol. The van der Waals surface area contributed by atoms with Crippen LogP contribution in [0.4, 0.5) is 10.8 Å². The Bertz CT molecular complexity index is 1080. The maximum atomic E-state index is 13.2. The molecule has 3 aliphatic carbocycles. The van der Waals surface area contributed by atoms with Gasteiger partial charge in [0.15, 0.2) is 5.13 Å². The van der Waals surface area contributed by atoms with Gasteiger partial charge in [0.05, 0.1) is 18.4 Å². The SMILES string of the molecule is CC1(CO)C(O)CCC2(C)C(CC(=O)NC3CCCC3)c3nc(Nc4cccc(O)c4)sc3CC12. The molecule has 35 heavy (non-hydrogen) atoms. The van der Waals surface area contributed by atoms with Crippen LogP contribution in [0.25, 0.3) is 0 Å². The second kappa shape index (κ2) is 9.37. The van der Waals surface area contributed by atoms with Crippen LogP contribution < -0.4 is 10.6 Å². The Morgan fingerprint density at radius 1 is 1.23 bits per heavy atom. The normalized spacial score (nSPS) is 32.6. The molecule has 2 aromatic rings. The van der Waals surface area contributed by atoms with Gasteiger partial charge in [-0.05, 0) is 55.6 Å². The standard InChI is InChI=1S/C27H37N3O4S/c1-26-11-10-22(33)27(2,15-31)21(26)14-20-24(19(26)13-23(34)28-16-6-3-4-7-16)30-25(35-20)29-17-8-5-9-18(32)12-17/h5,8-9,12,16,19,21-22,31-33H,3-4,6-7,10-11,13-15H2,1-2H3,(H,28,34)(H,29,30). The van der Waals surface area contributed by atoms with Crippen molar-refractivity contribution in [2.24, 2.45) is 16.7 Å². The van der Waals surface area contributed by atoms with Gasteiger partial charge in [-0.25, -0.2) is 4.98 Å². The average Bonchev–Trinajstić information content (AvgIpc) is 3.47. The number of carbonyl (C=O) groups excluding carboxylic acids is 1. The fourth-order valence-electron chi connectivity index (χ4n) is 6.95. The smallest absolute Gasteiger partial charge is 0.220 e. The monoisotopic (exact) mass is 499 g/mol. The number of anilines is 2. The predicted octanol–water partition coefficient (Wildman–Crippen LogP) is 4.46. The number of aromatic hydroxyl groups is 1. The zero-order chi connectivity index (χ0) is 24.8. The first kappa shape index (κ1) is 24.5. The van der Waals surface area contributed by atoms with E-state index in [1.165, 1.54) is 12.8 Å². The maximum Gasteiger partial charge on any atom is 0.220 e. The fraction of sp³-hybridized carbons (Fsp3) is 0.630. The van der Waals surface area contributed by atoms with Crippen LogP contribution in [0.5, 0.6) is 5.75 Å². The van der Waals surface area contributed by atoms with Crippen molar-refractivity contribution in [3.63, 3.8) is 0 Å². The maximum absolute atomic E-state index is 13.2. The molecule has 5 N–H and O–H groups in total. The van der Waals surface area contributed by atoms with E-state index >= 15 is 0 Å². The highest BCUT2D eigenvalue weighted by Crippen LogP contribution is 2.62. The number of rotatable bonds is 6. The first-order chi connectivity index (χ1) is 16.7. The molecule has 2 fully saturated rings. The highest BCUT2D eigenvalue weighted by Gasteiger charge is 2.59. The zero-order valence-electron chi connectivity index (χ0n) is 20.6. The summed E-state index contributed by atoms with van der Waals surface area (Å²) in [5.74, 6) is 0.202. The van der Waals surface area contributed by atoms with Gasteiger partial charge in [0.2, 0.25) is 5.91 Å². The summed E-state index contributed by atoms with van der Waals surface area (Å²) in [4.78, 5) is 19.4. The molecule has 1 aromatic heterocycles. The number of thiazole rings is 1. The zero-order valence-corrected chi connectivity index (χ0v) is 21.4. The van der Waals surface area contributed by atoms with E-state index < -0.39 is 11.5 Å². The third-order valence-electron chi connectivity index (χ3n) is 9.10. The molecule has 0 bridgehead atoms. The van der Waals surface area contributed by atoms with Gasteiger partial charge in [-0.3, -0.25) is 4.79 Å². The Balaban J connectivity index is 1.49. The molecule has 3 aliphatic rings. The first-order valence-corrected chi connectivity index (χ1v) is 13.7. The lowest BCUT2D eigenvalue weighted by Crippen LogP contribution is -2.57. The summed E-state index contributed by atoms with van der Waals surface area (Å²) in [7, 11) is 0. The van der Waals surface area contributed by atoms with Gasteiger partial charge in [0.25, 0.3) is 0 Å². The molecule has 0 radical (unpaired) electrons. The van der Waals surface area contributed by atoms with E-state index in [0.717, 1.165) is 47.1 Å². The Hall–Kier alpha value is -2.16. The van der Waals surface area contributed by atoms with E-state index in [1.807, 2.05) is 13.0 Å². The quantitative estimate of drug-likeness (QED) is 0.401. The minimum absolute atomic E-state index is 0.0367. The van der Waals surface area contributed by atoms with Crippen molar-refractivity contribution >= 4 is 28.1 Å². The summed E-state index contributed by atoms with van der Waals surface area (Å²) in [6.45, 7) is 4.14.